The Morgan fingerprint density at radius 3 is 2.26 bits per heavy atom. The van der Waals surface area contributed by atoms with Crippen molar-refractivity contribution in [2.24, 2.45) is 11.7 Å². The Morgan fingerprint density at radius 2 is 1.79 bits per heavy atom. The van der Waals surface area contributed by atoms with Gasteiger partial charge < -0.3 is 20.3 Å². The lowest BCUT2D eigenvalue weighted by Crippen LogP contribution is -2.28. The van der Waals surface area contributed by atoms with Crippen LogP contribution in [-0.4, -0.2) is 25.4 Å². The minimum atomic E-state index is -0.501. The molecule has 1 aromatic rings. The molecule has 0 saturated heterocycles. The van der Waals surface area contributed by atoms with Gasteiger partial charge in [0, 0.05) is 4.47 Å². The molecule has 2 rings (SSSR count). The number of halogens is 2. The fourth-order valence-electron chi connectivity index (χ4n) is 2.04. The summed E-state index contributed by atoms with van der Waals surface area (Å²) in [6.07, 6.45) is 1.61. The molecule has 0 bridgehead atoms. The van der Waals surface area contributed by atoms with Crippen molar-refractivity contribution in [1.29, 1.82) is 0 Å². The van der Waals surface area contributed by atoms with Crippen LogP contribution < -0.4 is 15.2 Å². The van der Waals surface area contributed by atoms with E-state index in [2.05, 4.69) is 15.9 Å². The fourth-order valence-corrected chi connectivity index (χ4v) is 2.63. The van der Waals surface area contributed by atoms with Crippen LogP contribution >= 0.6 is 28.3 Å². The predicted octanol–water partition coefficient (Wildman–Crippen LogP) is 2.66. The maximum atomic E-state index is 10.1. The fraction of sp³-hybridized carbons (Fsp3) is 0.538. The maximum Gasteiger partial charge on any atom is 0.161 e. The van der Waals surface area contributed by atoms with Crippen molar-refractivity contribution < 1.29 is 14.6 Å². The molecule has 0 heterocycles. The zero-order chi connectivity index (χ0) is 13.3. The van der Waals surface area contributed by atoms with E-state index in [1.807, 2.05) is 12.1 Å². The maximum absolute atomic E-state index is 10.1. The highest BCUT2D eigenvalue weighted by atomic mass is 79.9. The molecule has 19 heavy (non-hydrogen) atoms. The summed E-state index contributed by atoms with van der Waals surface area (Å²) in [6.45, 7) is 0. The summed E-state index contributed by atoms with van der Waals surface area (Å²) < 4.78 is 11.3. The molecule has 108 valence electrons. The second-order valence-corrected chi connectivity index (χ2v) is 5.44. The van der Waals surface area contributed by atoms with Gasteiger partial charge in [0.25, 0.3) is 0 Å². The van der Waals surface area contributed by atoms with Gasteiger partial charge in [-0.05, 0) is 36.5 Å². The first-order valence-corrected chi connectivity index (χ1v) is 6.72. The molecular formula is C13H19BrClNO3. The minimum Gasteiger partial charge on any atom is -0.493 e. The SMILES string of the molecule is COc1cc(Br)c([C@@H](N)[C@@H](O)C2CC2)cc1OC.Cl. The van der Waals surface area contributed by atoms with Gasteiger partial charge in [-0.15, -0.1) is 12.4 Å². The molecule has 0 amide bonds. The third-order valence-corrected chi connectivity index (χ3v) is 4.02. The molecule has 0 aromatic heterocycles. The second kappa shape index (κ2) is 6.79. The molecule has 1 saturated carbocycles. The molecule has 1 aliphatic carbocycles. The Labute approximate surface area is 127 Å². The second-order valence-electron chi connectivity index (χ2n) is 4.58. The van der Waals surface area contributed by atoms with Gasteiger partial charge in [0.15, 0.2) is 11.5 Å². The lowest BCUT2D eigenvalue weighted by atomic mass is 9.98. The molecule has 4 nitrogen and oxygen atoms in total. The minimum absolute atomic E-state index is 0. The van der Waals surface area contributed by atoms with Crippen LogP contribution in [-0.2, 0) is 0 Å². The Morgan fingerprint density at radius 1 is 1.26 bits per heavy atom. The van der Waals surface area contributed by atoms with Crippen molar-refractivity contribution in [3.63, 3.8) is 0 Å². The number of nitrogens with two attached hydrogens (primary N) is 1. The van der Waals surface area contributed by atoms with Crippen molar-refractivity contribution in [3.8, 4) is 11.5 Å². The van der Waals surface area contributed by atoms with Crippen LogP contribution in [0.15, 0.2) is 16.6 Å². The van der Waals surface area contributed by atoms with Gasteiger partial charge >= 0.3 is 0 Å². The molecule has 2 atom stereocenters. The van der Waals surface area contributed by atoms with Gasteiger partial charge in [0.05, 0.1) is 26.4 Å². The normalized spacial score (nSPS) is 17.3. The van der Waals surface area contributed by atoms with Crippen LogP contribution in [0.2, 0.25) is 0 Å². The van der Waals surface area contributed by atoms with Gasteiger partial charge in [-0.25, -0.2) is 0 Å². The molecule has 1 fully saturated rings. The van der Waals surface area contributed by atoms with E-state index in [1.54, 1.807) is 14.2 Å². The van der Waals surface area contributed by atoms with Gasteiger partial charge in [0.2, 0.25) is 0 Å². The van der Waals surface area contributed by atoms with Crippen LogP contribution in [0, 0.1) is 5.92 Å². The monoisotopic (exact) mass is 351 g/mol. The summed E-state index contributed by atoms with van der Waals surface area (Å²) >= 11 is 3.46. The summed E-state index contributed by atoms with van der Waals surface area (Å²) in [5.74, 6) is 1.59. The zero-order valence-corrected chi connectivity index (χ0v) is 13.3. The van der Waals surface area contributed by atoms with Crippen molar-refractivity contribution in [3.05, 3.63) is 22.2 Å². The molecule has 1 aliphatic rings. The van der Waals surface area contributed by atoms with Crippen LogP contribution in [0.3, 0.4) is 0 Å². The Balaban J connectivity index is 0.00000180. The van der Waals surface area contributed by atoms with E-state index in [1.165, 1.54) is 0 Å². The quantitative estimate of drug-likeness (QED) is 0.855. The van der Waals surface area contributed by atoms with Crippen LogP contribution in [0.5, 0.6) is 11.5 Å². The van der Waals surface area contributed by atoms with E-state index in [-0.39, 0.29) is 12.4 Å². The third kappa shape index (κ3) is 3.54. The first-order valence-electron chi connectivity index (χ1n) is 5.93. The number of ether oxygens (including phenoxy) is 2. The molecule has 0 radical (unpaired) electrons. The summed E-state index contributed by atoms with van der Waals surface area (Å²) in [5, 5.41) is 10.1. The molecule has 0 aliphatic heterocycles. The van der Waals surface area contributed by atoms with Gasteiger partial charge in [-0.1, -0.05) is 15.9 Å². The predicted molar refractivity (Wildman–Crippen MR) is 80.2 cm³/mol. The van der Waals surface area contributed by atoms with Crippen LogP contribution in [0.25, 0.3) is 0 Å². The van der Waals surface area contributed by atoms with E-state index < -0.39 is 12.1 Å². The topological polar surface area (TPSA) is 64.7 Å². The Kier molecular flexibility index (Phi) is 5.92. The summed E-state index contributed by atoms with van der Waals surface area (Å²) in [7, 11) is 3.17. The van der Waals surface area contributed by atoms with Crippen molar-refractivity contribution in [2.75, 3.05) is 14.2 Å². The highest BCUT2D eigenvalue weighted by Crippen LogP contribution is 2.41. The highest BCUT2D eigenvalue weighted by molar-refractivity contribution is 9.10. The number of rotatable bonds is 5. The molecular weight excluding hydrogens is 334 g/mol. The lowest BCUT2D eigenvalue weighted by molar-refractivity contribution is 0.122. The Bertz CT molecular complexity index is 440. The van der Waals surface area contributed by atoms with Crippen molar-refractivity contribution >= 4 is 28.3 Å². The van der Waals surface area contributed by atoms with E-state index in [4.69, 9.17) is 15.2 Å². The third-order valence-electron chi connectivity index (χ3n) is 3.33. The van der Waals surface area contributed by atoms with Gasteiger partial charge in [-0.2, -0.15) is 0 Å². The summed E-state index contributed by atoms with van der Waals surface area (Å²) in [5.41, 5.74) is 6.96. The number of hydrogen-bond donors (Lipinski definition) is 2. The van der Waals surface area contributed by atoms with Gasteiger partial charge in [0.1, 0.15) is 0 Å². The van der Waals surface area contributed by atoms with Gasteiger partial charge in [-0.3, -0.25) is 0 Å². The van der Waals surface area contributed by atoms with E-state index >= 15 is 0 Å². The number of hydrogen-bond acceptors (Lipinski definition) is 4. The van der Waals surface area contributed by atoms with E-state index in [0.717, 1.165) is 22.9 Å². The average molecular weight is 353 g/mol. The standard InChI is InChI=1S/C13H18BrNO3.ClH/c1-17-10-5-8(9(14)6-11(10)18-2)12(15)13(16)7-3-4-7;/h5-7,12-13,16H,3-4,15H2,1-2H3;1H/t12-,13+;/m1./s1. The number of aliphatic hydroxyl groups is 1. The number of methoxy groups -OCH3 is 2. The van der Waals surface area contributed by atoms with E-state index in [9.17, 15) is 5.11 Å². The smallest absolute Gasteiger partial charge is 0.161 e. The molecule has 6 heteroatoms. The van der Waals surface area contributed by atoms with Crippen LogP contribution in [0.1, 0.15) is 24.4 Å². The van der Waals surface area contributed by atoms with Crippen molar-refractivity contribution in [1.82, 2.24) is 0 Å². The molecule has 0 unspecified atom stereocenters. The lowest BCUT2D eigenvalue weighted by Gasteiger charge is -2.21. The summed E-state index contributed by atoms with van der Waals surface area (Å²) in [4.78, 5) is 0. The molecule has 1 aromatic carbocycles. The van der Waals surface area contributed by atoms with Crippen molar-refractivity contribution in [2.45, 2.75) is 25.0 Å². The largest absolute Gasteiger partial charge is 0.493 e. The first kappa shape index (κ1) is 16.6. The van der Waals surface area contributed by atoms with Crippen LogP contribution in [0.4, 0.5) is 0 Å². The molecule has 3 N–H and O–H groups in total. The average Bonchev–Trinajstić information content (AvgIpc) is 3.20. The highest BCUT2D eigenvalue weighted by Gasteiger charge is 2.35. The molecule has 0 spiro atoms. The number of benzene rings is 1. The number of aliphatic hydroxyl groups excluding tert-OH is 1. The first-order chi connectivity index (χ1) is 8.58. The Hall–Kier alpha value is -0.490. The zero-order valence-electron chi connectivity index (χ0n) is 10.9. The van der Waals surface area contributed by atoms with E-state index in [0.29, 0.717) is 17.4 Å². The summed E-state index contributed by atoms with van der Waals surface area (Å²) in [6, 6.07) is 3.22.